The number of Topliss-reactive ketones (excluding diaryl/α,β-unsaturated/α-hetero) is 1. The summed E-state index contributed by atoms with van der Waals surface area (Å²) >= 11 is 0. The van der Waals surface area contributed by atoms with Crippen LogP contribution in [0.25, 0.3) is 0 Å². The second-order valence-electron chi connectivity index (χ2n) is 6.01. The first-order valence-electron chi connectivity index (χ1n) is 5.51. The average Bonchev–Trinajstić information content (AvgIpc) is 2.07. The summed E-state index contributed by atoms with van der Waals surface area (Å²) in [7, 11) is -3.31. The third-order valence-corrected chi connectivity index (χ3v) is 5.57. The van der Waals surface area contributed by atoms with Gasteiger partial charge in [-0.3, -0.25) is 4.79 Å². The van der Waals surface area contributed by atoms with Gasteiger partial charge < -0.3 is 0 Å². The number of nitrogens with zero attached hydrogens (tertiary/aromatic N) is 1. The topological polar surface area (TPSA) is 54.5 Å². The number of sulfonamides is 1. The fraction of sp³-hybridized carbons (Fsp3) is 0.909. The fourth-order valence-electron chi connectivity index (χ4n) is 1.77. The summed E-state index contributed by atoms with van der Waals surface area (Å²) in [4.78, 5) is 11.6. The van der Waals surface area contributed by atoms with Gasteiger partial charge in [0.2, 0.25) is 10.0 Å². The van der Waals surface area contributed by atoms with E-state index in [1.807, 2.05) is 0 Å². The van der Waals surface area contributed by atoms with E-state index in [-0.39, 0.29) is 5.78 Å². The molecule has 0 unspecified atom stereocenters. The third-order valence-electron chi connectivity index (χ3n) is 3.03. The molecule has 94 valence electrons. The molecule has 0 radical (unpaired) electrons. The van der Waals surface area contributed by atoms with E-state index in [2.05, 4.69) is 0 Å². The van der Waals surface area contributed by atoms with Crippen molar-refractivity contribution >= 4 is 15.8 Å². The third kappa shape index (κ3) is 2.30. The van der Waals surface area contributed by atoms with Crippen molar-refractivity contribution in [2.75, 3.05) is 13.1 Å². The second kappa shape index (κ2) is 3.81. The summed E-state index contributed by atoms with van der Waals surface area (Å²) in [6, 6.07) is 0. The number of piperidine rings is 1. The van der Waals surface area contributed by atoms with Crippen LogP contribution in [-0.2, 0) is 14.8 Å². The van der Waals surface area contributed by atoms with E-state index in [4.69, 9.17) is 0 Å². The van der Waals surface area contributed by atoms with E-state index in [1.165, 1.54) is 4.31 Å². The van der Waals surface area contributed by atoms with Gasteiger partial charge in [0.15, 0.2) is 0 Å². The highest BCUT2D eigenvalue weighted by molar-refractivity contribution is 7.90. The fourth-order valence-corrected chi connectivity index (χ4v) is 3.36. The van der Waals surface area contributed by atoms with Crippen molar-refractivity contribution < 1.29 is 13.2 Å². The lowest BCUT2D eigenvalue weighted by molar-refractivity contribution is -0.129. The van der Waals surface area contributed by atoms with Crippen LogP contribution in [-0.4, -0.2) is 36.3 Å². The lowest BCUT2D eigenvalue weighted by Crippen LogP contribution is -2.52. The lowest BCUT2D eigenvalue weighted by Gasteiger charge is -2.39. The Morgan fingerprint density at radius 3 is 2.12 bits per heavy atom. The van der Waals surface area contributed by atoms with Crippen LogP contribution in [0.4, 0.5) is 0 Å². The second-order valence-corrected chi connectivity index (χ2v) is 8.70. The summed E-state index contributed by atoms with van der Waals surface area (Å²) in [5.41, 5.74) is -0.559. The molecule has 4 nitrogen and oxygen atoms in total. The van der Waals surface area contributed by atoms with E-state index in [9.17, 15) is 13.2 Å². The molecule has 1 aliphatic rings. The standard InChI is InChI=1S/C11H21NO3S/c1-10(2,3)16(14,15)12-7-6-9(13)11(4,5)8-12/h6-8H2,1-5H3. The maximum atomic E-state index is 12.2. The molecule has 5 heteroatoms. The molecule has 0 aromatic rings. The Kier molecular flexibility index (Phi) is 3.25. The molecule has 1 rings (SSSR count). The van der Waals surface area contributed by atoms with Crippen LogP contribution in [0, 0.1) is 5.41 Å². The Labute approximate surface area is 98.1 Å². The summed E-state index contributed by atoms with van der Waals surface area (Å²) in [6.07, 6.45) is 0.322. The van der Waals surface area contributed by atoms with Gasteiger partial charge in [-0.2, -0.15) is 0 Å². The van der Waals surface area contributed by atoms with Gasteiger partial charge in [0, 0.05) is 24.9 Å². The van der Waals surface area contributed by atoms with Crippen molar-refractivity contribution in [3.05, 3.63) is 0 Å². The number of carbonyl (C=O) groups excluding carboxylic acids is 1. The first kappa shape index (κ1) is 13.6. The van der Waals surface area contributed by atoms with Crippen LogP contribution in [0.3, 0.4) is 0 Å². The normalized spacial score (nSPS) is 23.4. The van der Waals surface area contributed by atoms with Gasteiger partial charge in [-0.25, -0.2) is 12.7 Å². The molecular weight excluding hydrogens is 226 g/mol. The highest BCUT2D eigenvalue weighted by Crippen LogP contribution is 2.30. The molecule has 0 aromatic heterocycles. The number of hydrogen-bond acceptors (Lipinski definition) is 3. The van der Waals surface area contributed by atoms with Gasteiger partial charge in [0.1, 0.15) is 5.78 Å². The first-order chi connectivity index (χ1) is 6.98. The molecule has 1 saturated heterocycles. The zero-order chi connectivity index (χ0) is 12.8. The Hall–Kier alpha value is -0.420. The SMILES string of the molecule is CC1(C)CN(S(=O)(=O)C(C)(C)C)CCC1=O. The Morgan fingerprint density at radius 1 is 1.25 bits per heavy atom. The molecule has 1 aliphatic heterocycles. The quantitative estimate of drug-likeness (QED) is 0.704. The van der Waals surface area contributed by atoms with Crippen LogP contribution >= 0.6 is 0 Å². The first-order valence-corrected chi connectivity index (χ1v) is 6.95. The molecular formula is C11H21NO3S. The van der Waals surface area contributed by atoms with Gasteiger partial charge in [-0.15, -0.1) is 0 Å². The molecule has 0 spiro atoms. The van der Waals surface area contributed by atoms with Crippen molar-refractivity contribution in [3.8, 4) is 0 Å². The zero-order valence-electron chi connectivity index (χ0n) is 10.7. The molecule has 16 heavy (non-hydrogen) atoms. The van der Waals surface area contributed by atoms with E-state index in [1.54, 1.807) is 34.6 Å². The number of hydrogen-bond donors (Lipinski definition) is 0. The molecule has 1 fully saturated rings. The van der Waals surface area contributed by atoms with Crippen LogP contribution in [0.1, 0.15) is 41.0 Å². The molecule has 0 aliphatic carbocycles. The Balaban J connectivity index is 2.98. The van der Waals surface area contributed by atoms with Crippen molar-refractivity contribution in [3.63, 3.8) is 0 Å². The number of ketones is 1. The van der Waals surface area contributed by atoms with E-state index in [0.717, 1.165) is 0 Å². The van der Waals surface area contributed by atoms with Crippen LogP contribution in [0.15, 0.2) is 0 Å². The van der Waals surface area contributed by atoms with E-state index < -0.39 is 20.2 Å². The maximum Gasteiger partial charge on any atom is 0.219 e. The van der Waals surface area contributed by atoms with Crippen molar-refractivity contribution in [2.45, 2.75) is 45.8 Å². The summed E-state index contributed by atoms with van der Waals surface area (Å²) in [5.74, 6) is 0.146. The van der Waals surface area contributed by atoms with E-state index in [0.29, 0.717) is 19.5 Å². The maximum absolute atomic E-state index is 12.2. The van der Waals surface area contributed by atoms with Gasteiger partial charge in [-0.1, -0.05) is 13.8 Å². The van der Waals surface area contributed by atoms with Crippen molar-refractivity contribution in [1.29, 1.82) is 0 Å². The average molecular weight is 247 g/mol. The van der Waals surface area contributed by atoms with Gasteiger partial charge in [0.25, 0.3) is 0 Å². The summed E-state index contributed by atoms with van der Waals surface area (Å²) in [5, 5.41) is 0. The Bertz CT molecular complexity index is 390. The molecule has 0 saturated carbocycles. The molecule has 0 aromatic carbocycles. The highest BCUT2D eigenvalue weighted by atomic mass is 32.2. The van der Waals surface area contributed by atoms with Gasteiger partial charge in [-0.05, 0) is 20.8 Å². The zero-order valence-corrected chi connectivity index (χ0v) is 11.5. The van der Waals surface area contributed by atoms with Crippen LogP contribution in [0.5, 0.6) is 0 Å². The van der Waals surface area contributed by atoms with E-state index >= 15 is 0 Å². The highest BCUT2D eigenvalue weighted by Gasteiger charge is 2.43. The van der Waals surface area contributed by atoms with Crippen molar-refractivity contribution in [2.24, 2.45) is 5.41 Å². The number of carbonyl (C=O) groups is 1. The predicted molar refractivity (Wildman–Crippen MR) is 63.7 cm³/mol. The summed E-state index contributed by atoms with van der Waals surface area (Å²) < 4.78 is 25.1. The molecule has 1 heterocycles. The van der Waals surface area contributed by atoms with Crippen LogP contribution < -0.4 is 0 Å². The summed E-state index contributed by atoms with van der Waals surface area (Å²) in [6.45, 7) is 9.29. The minimum Gasteiger partial charge on any atom is -0.299 e. The molecule has 0 N–H and O–H groups in total. The predicted octanol–water partition coefficient (Wildman–Crippen LogP) is 1.42. The number of rotatable bonds is 1. The van der Waals surface area contributed by atoms with Gasteiger partial charge >= 0.3 is 0 Å². The monoisotopic (exact) mass is 247 g/mol. The van der Waals surface area contributed by atoms with Crippen molar-refractivity contribution in [1.82, 2.24) is 4.31 Å². The smallest absolute Gasteiger partial charge is 0.219 e. The van der Waals surface area contributed by atoms with Crippen LogP contribution in [0.2, 0.25) is 0 Å². The molecule has 0 bridgehead atoms. The molecule has 0 amide bonds. The minimum absolute atomic E-state index is 0.146. The molecule has 0 atom stereocenters. The van der Waals surface area contributed by atoms with Gasteiger partial charge in [0.05, 0.1) is 4.75 Å². The Morgan fingerprint density at radius 2 is 1.75 bits per heavy atom. The minimum atomic E-state index is -3.31. The lowest BCUT2D eigenvalue weighted by atomic mass is 9.84. The largest absolute Gasteiger partial charge is 0.299 e.